The zero-order valence-electron chi connectivity index (χ0n) is 12.0. The lowest BCUT2D eigenvalue weighted by molar-refractivity contribution is 0.115. The van der Waals surface area contributed by atoms with Gasteiger partial charge in [-0.2, -0.15) is 4.31 Å². The van der Waals surface area contributed by atoms with Crippen LogP contribution in [0.3, 0.4) is 0 Å². The third-order valence-electron chi connectivity index (χ3n) is 2.80. The van der Waals surface area contributed by atoms with Gasteiger partial charge in [-0.15, -0.1) is 0 Å². The van der Waals surface area contributed by atoms with Crippen LogP contribution in [-0.2, 0) is 10.0 Å². The van der Waals surface area contributed by atoms with Gasteiger partial charge >= 0.3 is 0 Å². The number of likely N-dealkylation sites (N-methyl/N-ethyl adjacent to an activating group) is 2. The van der Waals surface area contributed by atoms with E-state index in [0.717, 1.165) is 0 Å². The monoisotopic (exact) mass is 320 g/mol. The summed E-state index contributed by atoms with van der Waals surface area (Å²) in [6.45, 7) is 2.45. The molecule has 1 atom stereocenters. The van der Waals surface area contributed by atoms with Gasteiger partial charge in [0.05, 0.1) is 11.1 Å². The summed E-state index contributed by atoms with van der Waals surface area (Å²) in [6.07, 6.45) is -0.748. The lowest BCUT2D eigenvalue weighted by atomic mass is 10.3. The van der Waals surface area contributed by atoms with E-state index in [1.54, 1.807) is 30.0 Å². The molecule has 0 aliphatic rings. The van der Waals surface area contributed by atoms with Crippen molar-refractivity contribution < 1.29 is 13.5 Å². The largest absolute Gasteiger partial charge is 0.390 e. The molecular weight excluding hydrogens is 300 g/mol. The minimum Gasteiger partial charge on any atom is -0.390 e. The summed E-state index contributed by atoms with van der Waals surface area (Å²) in [7, 11) is -0.0468. The van der Waals surface area contributed by atoms with Crippen molar-refractivity contribution in [3.63, 3.8) is 0 Å². The Labute approximate surface area is 125 Å². The summed E-state index contributed by atoms with van der Waals surface area (Å²) in [4.78, 5) is 1.88. The number of benzene rings is 1. The van der Waals surface area contributed by atoms with Crippen molar-refractivity contribution in [3.05, 3.63) is 29.3 Å². The summed E-state index contributed by atoms with van der Waals surface area (Å²) >= 11 is 5.95. The molecule has 0 aliphatic carbocycles. The Balaban J connectivity index is 2.96. The van der Waals surface area contributed by atoms with E-state index < -0.39 is 16.1 Å². The van der Waals surface area contributed by atoms with Crippen molar-refractivity contribution in [2.24, 2.45) is 0 Å². The van der Waals surface area contributed by atoms with E-state index >= 15 is 0 Å². The van der Waals surface area contributed by atoms with Gasteiger partial charge in [0.1, 0.15) is 4.90 Å². The first-order valence-electron chi connectivity index (χ1n) is 6.36. The Morgan fingerprint density at radius 3 is 2.35 bits per heavy atom. The third kappa shape index (κ3) is 4.43. The Hall–Kier alpha value is -0.660. The molecule has 1 rings (SSSR count). The van der Waals surface area contributed by atoms with Crippen LogP contribution in [0.4, 0.5) is 0 Å². The van der Waals surface area contributed by atoms with E-state index in [-0.39, 0.29) is 23.0 Å². The second-order valence-electron chi connectivity index (χ2n) is 4.80. The summed E-state index contributed by atoms with van der Waals surface area (Å²) in [5.41, 5.74) is 0. The van der Waals surface area contributed by atoms with Crippen molar-refractivity contribution >= 4 is 21.6 Å². The maximum absolute atomic E-state index is 12.5. The van der Waals surface area contributed by atoms with Crippen LogP contribution in [0.25, 0.3) is 0 Å². The predicted octanol–water partition coefficient (Wildman–Crippen LogP) is 1.27. The fourth-order valence-corrected chi connectivity index (χ4v) is 3.88. The fourth-order valence-electron chi connectivity index (χ4n) is 1.90. The first-order valence-corrected chi connectivity index (χ1v) is 8.18. The van der Waals surface area contributed by atoms with Gasteiger partial charge in [-0.1, -0.05) is 30.7 Å². The highest BCUT2D eigenvalue weighted by molar-refractivity contribution is 7.89. The van der Waals surface area contributed by atoms with Crippen LogP contribution in [-0.4, -0.2) is 62.6 Å². The molecule has 0 bridgehead atoms. The number of aliphatic hydroxyl groups is 1. The van der Waals surface area contributed by atoms with Crippen LogP contribution in [0.2, 0.25) is 5.02 Å². The SMILES string of the molecule is CCN(CC(O)CN(C)C)S(=O)(=O)c1ccccc1Cl. The number of rotatable bonds is 7. The second-order valence-corrected chi connectivity index (χ2v) is 7.12. The van der Waals surface area contributed by atoms with E-state index in [1.807, 2.05) is 14.1 Å². The Kier molecular flexibility index (Phi) is 6.42. The van der Waals surface area contributed by atoms with Crippen molar-refractivity contribution in [1.82, 2.24) is 9.21 Å². The van der Waals surface area contributed by atoms with Gasteiger partial charge in [0, 0.05) is 19.6 Å². The molecule has 20 heavy (non-hydrogen) atoms. The standard InChI is InChI=1S/C13H21ClN2O3S/c1-4-16(10-11(17)9-15(2)3)20(18,19)13-8-6-5-7-12(13)14/h5-8,11,17H,4,9-10H2,1-3H3. The Morgan fingerprint density at radius 1 is 1.25 bits per heavy atom. The number of sulfonamides is 1. The van der Waals surface area contributed by atoms with Crippen molar-refractivity contribution in [2.75, 3.05) is 33.7 Å². The molecule has 0 aromatic heterocycles. The highest BCUT2D eigenvalue weighted by Gasteiger charge is 2.27. The molecule has 1 aromatic rings. The molecule has 0 saturated heterocycles. The second kappa shape index (κ2) is 7.38. The molecule has 0 fully saturated rings. The molecule has 0 spiro atoms. The molecule has 0 heterocycles. The van der Waals surface area contributed by atoms with Crippen LogP contribution in [0.15, 0.2) is 29.2 Å². The molecule has 1 unspecified atom stereocenters. The number of hydrogen-bond donors (Lipinski definition) is 1. The van der Waals surface area contributed by atoms with E-state index in [2.05, 4.69) is 0 Å². The zero-order chi connectivity index (χ0) is 15.3. The molecule has 0 radical (unpaired) electrons. The molecular formula is C13H21ClN2O3S. The topological polar surface area (TPSA) is 60.9 Å². The van der Waals surface area contributed by atoms with Crippen LogP contribution < -0.4 is 0 Å². The lowest BCUT2D eigenvalue weighted by Crippen LogP contribution is -2.41. The number of halogens is 1. The number of hydrogen-bond acceptors (Lipinski definition) is 4. The zero-order valence-corrected chi connectivity index (χ0v) is 13.5. The molecule has 0 aliphatic heterocycles. The van der Waals surface area contributed by atoms with Gasteiger partial charge in [0.2, 0.25) is 10.0 Å². The van der Waals surface area contributed by atoms with E-state index in [1.165, 1.54) is 10.4 Å². The van der Waals surface area contributed by atoms with Crippen molar-refractivity contribution in [2.45, 2.75) is 17.9 Å². The maximum Gasteiger partial charge on any atom is 0.244 e. The minimum absolute atomic E-state index is 0.0439. The number of nitrogens with zero attached hydrogens (tertiary/aromatic N) is 2. The fraction of sp³-hybridized carbons (Fsp3) is 0.538. The summed E-state index contributed by atoms with van der Waals surface area (Å²) in [5, 5.41) is 10.1. The summed E-state index contributed by atoms with van der Waals surface area (Å²) in [6, 6.07) is 6.32. The van der Waals surface area contributed by atoms with Crippen LogP contribution >= 0.6 is 11.6 Å². The maximum atomic E-state index is 12.5. The Bertz CT molecular complexity index is 534. The molecule has 114 valence electrons. The predicted molar refractivity (Wildman–Crippen MR) is 80.4 cm³/mol. The van der Waals surface area contributed by atoms with E-state index in [9.17, 15) is 13.5 Å². The lowest BCUT2D eigenvalue weighted by Gasteiger charge is -2.25. The average molecular weight is 321 g/mol. The quantitative estimate of drug-likeness (QED) is 0.822. The Morgan fingerprint density at radius 2 is 1.85 bits per heavy atom. The normalized spacial score (nSPS) is 13.9. The van der Waals surface area contributed by atoms with Gasteiger partial charge in [0.25, 0.3) is 0 Å². The molecule has 0 saturated carbocycles. The highest BCUT2D eigenvalue weighted by Crippen LogP contribution is 2.24. The number of aliphatic hydroxyl groups excluding tert-OH is 1. The highest BCUT2D eigenvalue weighted by atomic mass is 35.5. The van der Waals surface area contributed by atoms with Gasteiger partial charge in [0.15, 0.2) is 0 Å². The van der Waals surface area contributed by atoms with Crippen LogP contribution in [0.5, 0.6) is 0 Å². The van der Waals surface area contributed by atoms with Crippen molar-refractivity contribution in [3.8, 4) is 0 Å². The van der Waals surface area contributed by atoms with Crippen LogP contribution in [0, 0.1) is 0 Å². The van der Waals surface area contributed by atoms with E-state index in [0.29, 0.717) is 6.54 Å². The molecule has 5 nitrogen and oxygen atoms in total. The minimum atomic E-state index is -3.69. The first-order chi connectivity index (χ1) is 9.28. The summed E-state index contributed by atoms with van der Waals surface area (Å²) < 4.78 is 26.3. The van der Waals surface area contributed by atoms with Gasteiger partial charge in [-0.3, -0.25) is 0 Å². The van der Waals surface area contributed by atoms with Crippen molar-refractivity contribution in [1.29, 1.82) is 0 Å². The van der Waals surface area contributed by atoms with Gasteiger partial charge in [-0.05, 0) is 26.2 Å². The molecule has 1 N–H and O–H groups in total. The van der Waals surface area contributed by atoms with E-state index in [4.69, 9.17) is 11.6 Å². The third-order valence-corrected chi connectivity index (χ3v) is 5.24. The summed E-state index contributed by atoms with van der Waals surface area (Å²) in [5.74, 6) is 0. The van der Waals surface area contributed by atoms with Gasteiger partial charge in [-0.25, -0.2) is 8.42 Å². The van der Waals surface area contributed by atoms with Gasteiger partial charge < -0.3 is 10.0 Å². The van der Waals surface area contributed by atoms with Crippen LogP contribution in [0.1, 0.15) is 6.92 Å². The molecule has 7 heteroatoms. The average Bonchev–Trinajstić information content (AvgIpc) is 2.35. The smallest absolute Gasteiger partial charge is 0.244 e. The molecule has 1 aromatic carbocycles. The molecule has 0 amide bonds. The first kappa shape index (κ1) is 17.4.